The highest BCUT2D eigenvalue weighted by molar-refractivity contribution is 5.80. The second kappa shape index (κ2) is 7.17. The second-order valence-corrected chi connectivity index (χ2v) is 7.63. The molecule has 1 heterocycles. The molecule has 140 valence electrons. The highest BCUT2D eigenvalue weighted by Crippen LogP contribution is 2.43. The summed E-state index contributed by atoms with van der Waals surface area (Å²) < 4.78 is 11.2. The van der Waals surface area contributed by atoms with Crippen molar-refractivity contribution in [3.05, 3.63) is 23.8 Å². The van der Waals surface area contributed by atoms with Gasteiger partial charge in [-0.15, -0.1) is 0 Å². The number of nitrogens with one attached hydrogen (secondary N) is 1. The minimum Gasteiger partial charge on any atom is -0.486 e. The Morgan fingerprint density at radius 1 is 1.04 bits per heavy atom. The molecule has 1 aromatic carbocycles. The van der Waals surface area contributed by atoms with Crippen molar-refractivity contribution in [3.8, 4) is 11.5 Å². The Labute approximate surface area is 152 Å². The number of hydrogen-bond donors (Lipinski definition) is 2. The SMILES string of the molecule is O=C(O)C1CCCC(C(=O)NC(c2ccc3c(c2)OCCO3)C2CC2)C1. The molecule has 0 aromatic heterocycles. The molecular formula is C20H25NO5. The van der Waals surface area contributed by atoms with Gasteiger partial charge in [-0.3, -0.25) is 9.59 Å². The third-order valence-electron chi connectivity index (χ3n) is 5.71. The largest absolute Gasteiger partial charge is 0.486 e. The lowest BCUT2D eigenvalue weighted by molar-refractivity contribution is -0.144. The van der Waals surface area contributed by atoms with E-state index in [-0.39, 0.29) is 17.9 Å². The zero-order chi connectivity index (χ0) is 18.1. The lowest BCUT2D eigenvalue weighted by Crippen LogP contribution is -2.38. The van der Waals surface area contributed by atoms with Gasteiger partial charge in [-0.1, -0.05) is 12.5 Å². The zero-order valence-electron chi connectivity index (χ0n) is 14.8. The van der Waals surface area contributed by atoms with Crippen LogP contribution in [0.4, 0.5) is 0 Å². The van der Waals surface area contributed by atoms with Crippen LogP contribution in [0.15, 0.2) is 18.2 Å². The molecule has 1 aliphatic heterocycles. The van der Waals surface area contributed by atoms with Gasteiger partial charge in [0.05, 0.1) is 12.0 Å². The Morgan fingerprint density at radius 2 is 1.77 bits per heavy atom. The summed E-state index contributed by atoms with van der Waals surface area (Å²) in [4.78, 5) is 24.1. The van der Waals surface area contributed by atoms with Crippen LogP contribution in [0.3, 0.4) is 0 Å². The molecule has 3 atom stereocenters. The van der Waals surface area contributed by atoms with Crippen LogP contribution in [0.1, 0.15) is 50.1 Å². The predicted molar refractivity (Wildman–Crippen MR) is 94.1 cm³/mol. The normalized spacial score (nSPS) is 26.0. The minimum atomic E-state index is -0.784. The van der Waals surface area contributed by atoms with Crippen LogP contribution in [0.25, 0.3) is 0 Å². The summed E-state index contributed by atoms with van der Waals surface area (Å²) in [7, 11) is 0. The lowest BCUT2D eigenvalue weighted by Gasteiger charge is -2.28. The van der Waals surface area contributed by atoms with E-state index < -0.39 is 11.9 Å². The van der Waals surface area contributed by atoms with Crippen molar-refractivity contribution in [2.45, 2.75) is 44.6 Å². The quantitative estimate of drug-likeness (QED) is 0.844. The van der Waals surface area contributed by atoms with Gasteiger partial charge < -0.3 is 19.9 Å². The van der Waals surface area contributed by atoms with Crippen LogP contribution in [0.5, 0.6) is 11.5 Å². The fraction of sp³-hybridized carbons (Fsp3) is 0.600. The first-order valence-electron chi connectivity index (χ1n) is 9.54. The number of benzene rings is 1. The Kier molecular flexibility index (Phi) is 4.74. The fourth-order valence-corrected chi connectivity index (χ4v) is 4.08. The van der Waals surface area contributed by atoms with Gasteiger partial charge in [0.2, 0.25) is 5.91 Å². The van der Waals surface area contributed by atoms with E-state index in [0.717, 1.165) is 42.7 Å². The fourth-order valence-electron chi connectivity index (χ4n) is 4.08. The Bertz CT molecular complexity index is 699. The van der Waals surface area contributed by atoms with Gasteiger partial charge in [0.1, 0.15) is 13.2 Å². The van der Waals surface area contributed by atoms with E-state index in [0.29, 0.717) is 32.0 Å². The third kappa shape index (κ3) is 3.64. The summed E-state index contributed by atoms with van der Waals surface area (Å²) >= 11 is 0. The molecular weight excluding hydrogens is 334 g/mol. The first kappa shape index (κ1) is 17.2. The number of carbonyl (C=O) groups is 2. The van der Waals surface area contributed by atoms with Crippen molar-refractivity contribution in [2.24, 2.45) is 17.8 Å². The maximum atomic E-state index is 12.8. The molecule has 2 N–H and O–H groups in total. The second-order valence-electron chi connectivity index (χ2n) is 7.63. The number of amides is 1. The average molecular weight is 359 g/mol. The van der Waals surface area contributed by atoms with Crippen molar-refractivity contribution in [2.75, 3.05) is 13.2 Å². The standard InChI is InChI=1S/C20H25NO5/c22-19(14-2-1-3-15(10-14)20(23)24)21-18(12-4-5-12)13-6-7-16-17(11-13)26-9-8-25-16/h6-7,11-12,14-15,18H,1-5,8-10H2,(H,21,22)(H,23,24). The van der Waals surface area contributed by atoms with Crippen molar-refractivity contribution < 1.29 is 24.2 Å². The summed E-state index contributed by atoms with van der Waals surface area (Å²) in [5, 5.41) is 12.5. The Balaban J connectivity index is 1.47. The monoisotopic (exact) mass is 359 g/mol. The van der Waals surface area contributed by atoms with Gasteiger partial charge in [0, 0.05) is 5.92 Å². The summed E-state index contributed by atoms with van der Waals surface area (Å²) in [6.45, 7) is 1.09. The van der Waals surface area contributed by atoms with E-state index in [1.54, 1.807) is 0 Å². The topological polar surface area (TPSA) is 84.9 Å². The third-order valence-corrected chi connectivity index (χ3v) is 5.71. The number of rotatable bonds is 5. The number of ether oxygens (including phenoxy) is 2. The van der Waals surface area contributed by atoms with E-state index in [9.17, 15) is 14.7 Å². The molecule has 3 unspecified atom stereocenters. The first-order valence-corrected chi connectivity index (χ1v) is 9.54. The molecule has 1 aromatic rings. The molecule has 0 spiro atoms. The summed E-state index contributed by atoms with van der Waals surface area (Å²) in [6.07, 6.45) is 4.89. The van der Waals surface area contributed by atoms with Crippen molar-refractivity contribution in [3.63, 3.8) is 0 Å². The van der Waals surface area contributed by atoms with E-state index in [1.165, 1.54) is 0 Å². The molecule has 0 radical (unpaired) electrons. The van der Waals surface area contributed by atoms with Crippen LogP contribution in [-0.4, -0.2) is 30.2 Å². The number of carboxylic acids is 1. The summed E-state index contributed by atoms with van der Waals surface area (Å²) in [6, 6.07) is 5.84. The molecule has 3 aliphatic rings. The maximum absolute atomic E-state index is 12.8. The Hall–Kier alpha value is -2.24. The number of carboxylic acid groups (broad SMARTS) is 1. The Morgan fingerprint density at radius 3 is 2.50 bits per heavy atom. The van der Waals surface area contributed by atoms with Gasteiger partial charge in [-0.05, 0) is 55.7 Å². The summed E-state index contributed by atoms with van der Waals surface area (Å²) in [5.41, 5.74) is 1.04. The molecule has 1 amide bonds. The van der Waals surface area contributed by atoms with Crippen molar-refractivity contribution >= 4 is 11.9 Å². The highest BCUT2D eigenvalue weighted by atomic mass is 16.6. The molecule has 4 rings (SSSR count). The number of fused-ring (bicyclic) bond motifs is 1. The van der Waals surface area contributed by atoms with Crippen LogP contribution in [-0.2, 0) is 9.59 Å². The molecule has 2 saturated carbocycles. The number of carbonyl (C=O) groups excluding carboxylic acids is 1. The molecule has 26 heavy (non-hydrogen) atoms. The average Bonchev–Trinajstić information content (AvgIpc) is 3.50. The highest BCUT2D eigenvalue weighted by Gasteiger charge is 2.37. The van der Waals surface area contributed by atoms with Gasteiger partial charge in [-0.25, -0.2) is 0 Å². The smallest absolute Gasteiger partial charge is 0.306 e. The molecule has 2 aliphatic carbocycles. The van der Waals surface area contributed by atoms with Crippen molar-refractivity contribution in [1.29, 1.82) is 0 Å². The number of hydrogen-bond acceptors (Lipinski definition) is 4. The first-order chi connectivity index (χ1) is 12.6. The lowest BCUT2D eigenvalue weighted by atomic mass is 9.81. The zero-order valence-corrected chi connectivity index (χ0v) is 14.8. The van der Waals surface area contributed by atoms with Gasteiger partial charge in [0.15, 0.2) is 11.5 Å². The van der Waals surface area contributed by atoms with Crippen LogP contribution >= 0.6 is 0 Å². The van der Waals surface area contributed by atoms with Gasteiger partial charge in [0.25, 0.3) is 0 Å². The molecule has 6 heteroatoms. The van der Waals surface area contributed by atoms with Crippen LogP contribution in [0, 0.1) is 17.8 Å². The van der Waals surface area contributed by atoms with Crippen LogP contribution < -0.4 is 14.8 Å². The van der Waals surface area contributed by atoms with Gasteiger partial charge in [-0.2, -0.15) is 0 Å². The molecule has 2 fully saturated rings. The minimum absolute atomic E-state index is 0.0114. The predicted octanol–water partition coefficient (Wildman–Crippen LogP) is 2.92. The van der Waals surface area contributed by atoms with Crippen LogP contribution in [0.2, 0.25) is 0 Å². The van der Waals surface area contributed by atoms with E-state index in [1.807, 2.05) is 18.2 Å². The molecule has 0 saturated heterocycles. The number of aliphatic carboxylic acids is 1. The maximum Gasteiger partial charge on any atom is 0.306 e. The van der Waals surface area contributed by atoms with Crippen molar-refractivity contribution in [1.82, 2.24) is 5.32 Å². The summed E-state index contributed by atoms with van der Waals surface area (Å²) in [5.74, 6) is 0.530. The molecule has 0 bridgehead atoms. The van der Waals surface area contributed by atoms with Gasteiger partial charge >= 0.3 is 5.97 Å². The van der Waals surface area contributed by atoms with E-state index >= 15 is 0 Å². The van der Waals surface area contributed by atoms with E-state index in [2.05, 4.69) is 5.32 Å². The van der Waals surface area contributed by atoms with E-state index in [4.69, 9.17) is 9.47 Å². The molecule has 6 nitrogen and oxygen atoms in total.